The van der Waals surface area contributed by atoms with Crippen molar-refractivity contribution >= 4 is 9.84 Å². The summed E-state index contributed by atoms with van der Waals surface area (Å²) in [7, 11) is -0.602. The first-order valence-electron chi connectivity index (χ1n) is 10.5. The van der Waals surface area contributed by atoms with Crippen LogP contribution in [0, 0.1) is 0 Å². The first-order valence-corrected chi connectivity index (χ1v) is 12.2. The molecule has 166 valence electrons. The Morgan fingerprint density at radius 3 is 2.17 bits per heavy atom. The van der Waals surface area contributed by atoms with E-state index in [9.17, 15) is 8.42 Å². The number of ether oxygens (including phenoxy) is 2. The lowest BCUT2D eigenvalue weighted by Crippen LogP contribution is -2.45. The Balaban J connectivity index is 2.61. The average Bonchev–Trinajstić information content (AvgIpc) is 2.76. The maximum Gasteiger partial charge on any atom is 0.180 e. The molecule has 0 aliphatic rings. The van der Waals surface area contributed by atoms with Crippen molar-refractivity contribution in [2.45, 2.75) is 62.8 Å². The van der Waals surface area contributed by atoms with Crippen molar-refractivity contribution in [3.63, 3.8) is 0 Å². The fourth-order valence-corrected chi connectivity index (χ4v) is 5.88. The van der Waals surface area contributed by atoms with E-state index in [2.05, 4.69) is 6.92 Å². The molecule has 2 aromatic carbocycles. The van der Waals surface area contributed by atoms with Gasteiger partial charge in [-0.1, -0.05) is 63.9 Å². The van der Waals surface area contributed by atoms with Gasteiger partial charge in [-0.15, -0.1) is 0 Å². The third kappa shape index (κ3) is 5.55. The lowest BCUT2D eigenvalue weighted by molar-refractivity contribution is 0.353. The van der Waals surface area contributed by atoms with Gasteiger partial charge in [-0.2, -0.15) is 0 Å². The molecule has 0 bridgehead atoms. The zero-order valence-corrected chi connectivity index (χ0v) is 19.6. The van der Waals surface area contributed by atoms with E-state index in [1.54, 1.807) is 19.2 Å². The molecule has 0 aliphatic heterocycles. The topological polar surface area (TPSA) is 78.6 Å². The molecule has 0 unspecified atom stereocenters. The number of nitrogens with two attached hydrogens (primary N) is 1. The van der Waals surface area contributed by atoms with Crippen LogP contribution in [0.25, 0.3) is 0 Å². The van der Waals surface area contributed by atoms with E-state index < -0.39 is 15.4 Å². The number of hydrogen-bond donors (Lipinski definition) is 1. The highest BCUT2D eigenvalue weighted by Gasteiger charge is 2.33. The smallest absolute Gasteiger partial charge is 0.180 e. The third-order valence-electron chi connectivity index (χ3n) is 5.83. The molecule has 0 saturated carbocycles. The molecule has 2 aromatic rings. The Morgan fingerprint density at radius 1 is 1.03 bits per heavy atom. The van der Waals surface area contributed by atoms with Gasteiger partial charge in [0, 0.05) is 17.5 Å². The van der Waals surface area contributed by atoms with E-state index in [1.165, 1.54) is 7.11 Å². The van der Waals surface area contributed by atoms with Gasteiger partial charge in [-0.25, -0.2) is 8.42 Å². The second kappa shape index (κ2) is 10.3. The van der Waals surface area contributed by atoms with Crippen LogP contribution in [0.1, 0.15) is 63.5 Å². The second-order valence-corrected chi connectivity index (χ2v) is 9.91. The first kappa shape index (κ1) is 24.2. The first-order chi connectivity index (χ1) is 14.2. The molecule has 0 heterocycles. The second-order valence-electron chi connectivity index (χ2n) is 7.96. The highest BCUT2D eigenvalue weighted by molar-refractivity contribution is 7.91. The molecule has 0 fully saturated rings. The van der Waals surface area contributed by atoms with Crippen LogP contribution in [0.5, 0.6) is 11.5 Å². The largest absolute Gasteiger partial charge is 0.493 e. The fraction of sp³-hybridized carbons (Fsp3) is 0.500. The van der Waals surface area contributed by atoms with Crippen molar-refractivity contribution in [3.05, 3.63) is 53.6 Å². The van der Waals surface area contributed by atoms with Gasteiger partial charge in [0.1, 0.15) is 0 Å². The summed E-state index contributed by atoms with van der Waals surface area (Å²) in [5.74, 6) is 0.670. The summed E-state index contributed by atoms with van der Waals surface area (Å²) in [6.07, 6.45) is 3.16. The van der Waals surface area contributed by atoms with Crippen LogP contribution in [0.3, 0.4) is 0 Å². The maximum absolute atomic E-state index is 13.6. The van der Waals surface area contributed by atoms with Crippen LogP contribution in [0.15, 0.2) is 47.4 Å². The van der Waals surface area contributed by atoms with Crippen LogP contribution in [0.2, 0.25) is 0 Å². The Hall–Kier alpha value is -2.05. The molecule has 0 aliphatic carbocycles. The SMILES string of the molecule is CCCC[C@](N)(CC)CS(=O)(=O)c1cc(OC)c(OC)cc1[C@H](C)c1ccccc1. The van der Waals surface area contributed by atoms with E-state index in [0.29, 0.717) is 29.9 Å². The van der Waals surface area contributed by atoms with Gasteiger partial charge in [0.25, 0.3) is 0 Å². The molecule has 0 spiro atoms. The highest BCUT2D eigenvalue weighted by Crippen LogP contribution is 2.39. The van der Waals surface area contributed by atoms with Gasteiger partial charge in [0.15, 0.2) is 21.3 Å². The summed E-state index contributed by atoms with van der Waals surface area (Å²) >= 11 is 0. The summed E-state index contributed by atoms with van der Waals surface area (Å²) in [6, 6.07) is 13.2. The lowest BCUT2D eigenvalue weighted by Gasteiger charge is -2.29. The molecule has 6 heteroatoms. The van der Waals surface area contributed by atoms with Gasteiger partial charge >= 0.3 is 0 Å². The van der Waals surface area contributed by atoms with E-state index in [-0.39, 0.29) is 16.6 Å². The van der Waals surface area contributed by atoms with Gasteiger partial charge in [0.2, 0.25) is 0 Å². The summed E-state index contributed by atoms with van der Waals surface area (Å²) in [5.41, 5.74) is 7.50. The van der Waals surface area contributed by atoms with Crippen molar-refractivity contribution in [1.29, 1.82) is 0 Å². The van der Waals surface area contributed by atoms with E-state index in [1.807, 2.05) is 44.2 Å². The number of rotatable bonds is 11. The Bertz CT molecular complexity index is 928. The predicted molar refractivity (Wildman–Crippen MR) is 122 cm³/mol. The number of methoxy groups -OCH3 is 2. The minimum atomic E-state index is -3.66. The van der Waals surface area contributed by atoms with Crippen molar-refractivity contribution in [3.8, 4) is 11.5 Å². The Kier molecular flexibility index (Phi) is 8.33. The molecule has 2 N–H and O–H groups in total. The predicted octanol–water partition coefficient (Wildman–Crippen LogP) is 4.93. The molecule has 2 atom stereocenters. The average molecular weight is 434 g/mol. The number of unbranched alkanes of at least 4 members (excludes halogenated alkanes) is 1. The van der Waals surface area contributed by atoms with Crippen LogP contribution in [0.4, 0.5) is 0 Å². The maximum atomic E-state index is 13.6. The summed E-state index contributed by atoms with van der Waals surface area (Å²) in [5, 5.41) is 0. The fourth-order valence-electron chi connectivity index (χ4n) is 3.74. The zero-order chi connectivity index (χ0) is 22.4. The summed E-state index contributed by atoms with van der Waals surface area (Å²) in [6.45, 7) is 6.04. The zero-order valence-electron chi connectivity index (χ0n) is 18.8. The molecule has 5 nitrogen and oxygen atoms in total. The van der Waals surface area contributed by atoms with Gasteiger partial charge in [0.05, 0.1) is 24.9 Å². The van der Waals surface area contributed by atoms with Crippen molar-refractivity contribution < 1.29 is 17.9 Å². The number of sulfone groups is 1. The van der Waals surface area contributed by atoms with Crippen LogP contribution >= 0.6 is 0 Å². The van der Waals surface area contributed by atoms with Crippen molar-refractivity contribution in [2.75, 3.05) is 20.0 Å². The lowest BCUT2D eigenvalue weighted by atomic mass is 9.92. The van der Waals surface area contributed by atoms with Crippen molar-refractivity contribution in [2.24, 2.45) is 5.73 Å². The van der Waals surface area contributed by atoms with Crippen LogP contribution < -0.4 is 15.2 Å². The third-order valence-corrected chi connectivity index (χ3v) is 7.81. The minimum Gasteiger partial charge on any atom is -0.493 e. The van der Waals surface area contributed by atoms with E-state index >= 15 is 0 Å². The highest BCUT2D eigenvalue weighted by atomic mass is 32.2. The van der Waals surface area contributed by atoms with Crippen molar-refractivity contribution in [1.82, 2.24) is 0 Å². The van der Waals surface area contributed by atoms with Crippen LogP contribution in [-0.2, 0) is 9.84 Å². The normalized spacial score (nSPS) is 14.7. The van der Waals surface area contributed by atoms with Gasteiger partial charge in [-0.3, -0.25) is 0 Å². The Labute approximate surface area is 181 Å². The molecule has 2 rings (SSSR count). The molecular weight excluding hydrogens is 398 g/mol. The Morgan fingerprint density at radius 2 is 1.63 bits per heavy atom. The molecule has 0 amide bonds. The molecular formula is C24H35NO4S. The van der Waals surface area contributed by atoms with Crippen LogP contribution in [-0.4, -0.2) is 33.9 Å². The van der Waals surface area contributed by atoms with E-state index in [0.717, 1.165) is 18.4 Å². The minimum absolute atomic E-state index is 0.0967. The number of hydrogen-bond acceptors (Lipinski definition) is 5. The quantitative estimate of drug-likeness (QED) is 0.544. The number of benzene rings is 2. The standard InChI is InChI=1S/C24H35NO4S/c1-6-8-14-24(25,7-2)17-30(26,27)23-16-22(29-5)21(28-4)15-20(23)18(3)19-12-10-9-11-13-19/h9-13,15-16,18H,6-8,14,17,25H2,1-5H3/t18-,24-/m1/s1. The van der Waals surface area contributed by atoms with Gasteiger partial charge in [-0.05, 0) is 30.0 Å². The molecule has 0 aromatic heterocycles. The summed E-state index contributed by atoms with van der Waals surface area (Å²) in [4.78, 5) is 0.260. The molecule has 0 saturated heterocycles. The molecule has 0 radical (unpaired) electrons. The van der Waals surface area contributed by atoms with E-state index in [4.69, 9.17) is 15.2 Å². The molecule has 30 heavy (non-hydrogen) atoms. The van der Waals surface area contributed by atoms with Gasteiger partial charge < -0.3 is 15.2 Å². The monoisotopic (exact) mass is 433 g/mol. The summed E-state index contributed by atoms with van der Waals surface area (Å²) < 4.78 is 38.1.